The summed E-state index contributed by atoms with van der Waals surface area (Å²) in [6.45, 7) is 1.21. The lowest BCUT2D eigenvalue weighted by Crippen LogP contribution is -2.32. The summed E-state index contributed by atoms with van der Waals surface area (Å²) in [5.41, 5.74) is 0.219. The first kappa shape index (κ1) is 19.9. The molecule has 0 saturated carbocycles. The molecular formula is C22H20N2O5. The normalized spacial score (nSPS) is 11.3. The number of para-hydroxylation sites is 1. The summed E-state index contributed by atoms with van der Waals surface area (Å²) in [4.78, 5) is 35.9. The van der Waals surface area contributed by atoms with Crippen LogP contribution < -0.4 is 15.6 Å². The molecule has 3 rings (SSSR count). The predicted octanol–water partition coefficient (Wildman–Crippen LogP) is 3.21. The molecule has 0 radical (unpaired) electrons. The van der Waals surface area contributed by atoms with Crippen molar-refractivity contribution >= 4 is 17.6 Å². The van der Waals surface area contributed by atoms with Gasteiger partial charge in [0.25, 0.3) is 11.5 Å². The fourth-order valence-electron chi connectivity index (χ4n) is 2.49. The molecule has 1 amide bonds. The SMILES string of the molecule is C[C@H](OC(=O)Cn1ccccc1=O)C(=O)Nc1ccc(Oc2ccccc2)cc1. The van der Waals surface area contributed by atoms with E-state index in [1.165, 1.54) is 23.8 Å². The first-order chi connectivity index (χ1) is 14.0. The van der Waals surface area contributed by atoms with Crippen LogP contribution in [-0.2, 0) is 20.9 Å². The van der Waals surface area contributed by atoms with Crippen molar-refractivity contribution in [1.82, 2.24) is 4.57 Å². The van der Waals surface area contributed by atoms with Gasteiger partial charge in [0.15, 0.2) is 6.10 Å². The molecular weight excluding hydrogens is 372 g/mol. The van der Waals surface area contributed by atoms with Crippen molar-refractivity contribution < 1.29 is 19.1 Å². The van der Waals surface area contributed by atoms with Crippen molar-refractivity contribution in [1.29, 1.82) is 0 Å². The standard InChI is InChI=1S/C22H20N2O5/c1-16(28-21(26)15-24-14-6-5-9-20(24)25)22(27)23-17-10-12-19(13-11-17)29-18-7-3-2-4-8-18/h2-14,16H,15H2,1H3,(H,23,27)/t16-/m0/s1. The number of rotatable bonds is 7. The third-order valence-electron chi connectivity index (χ3n) is 3.98. The molecule has 1 atom stereocenters. The van der Waals surface area contributed by atoms with Crippen molar-refractivity contribution in [2.24, 2.45) is 0 Å². The Balaban J connectivity index is 1.52. The molecule has 0 aliphatic carbocycles. The number of pyridine rings is 1. The van der Waals surface area contributed by atoms with Gasteiger partial charge in [-0.05, 0) is 49.4 Å². The number of carbonyl (C=O) groups is 2. The minimum atomic E-state index is -1.01. The van der Waals surface area contributed by atoms with Crippen LogP contribution in [0.4, 0.5) is 5.69 Å². The topological polar surface area (TPSA) is 86.6 Å². The van der Waals surface area contributed by atoms with Gasteiger partial charge < -0.3 is 19.4 Å². The number of nitrogens with zero attached hydrogens (tertiary/aromatic N) is 1. The molecule has 0 aliphatic heterocycles. The number of hydrogen-bond donors (Lipinski definition) is 1. The van der Waals surface area contributed by atoms with E-state index < -0.39 is 18.0 Å². The molecule has 1 aromatic heterocycles. The van der Waals surface area contributed by atoms with Gasteiger partial charge in [-0.3, -0.25) is 14.4 Å². The average molecular weight is 392 g/mol. The zero-order valence-corrected chi connectivity index (χ0v) is 15.8. The van der Waals surface area contributed by atoms with E-state index >= 15 is 0 Å². The van der Waals surface area contributed by atoms with Crippen molar-refractivity contribution in [3.63, 3.8) is 0 Å². The van der Waals surface area contributed by atoms with Crippen molar-refractivity contribution in [2.75, 3.05) is 5.32 Å². The molecule has 7 heteroatoms. The first-order valence-electron chi connectivity index (χ1n) is 9.00. The monoisotopic (exact) mass is 392 g/mol. The van der Waals surface area contributed by atoms with Crippen molar-refractivity contribution in [2.45, 2.75) is 19.6 Å². The molecule has 1 heterocycles. The maximum absolute atomic E-state index is 12.3. The number of hydrogen-bond acceptors (Lipinski definition) is 5. The van der Waals surface area contributed by atoms with E-state index in [0.717, 1.165) is 0 Å². The fraction of sp³-hybridized carbons (Fsp3) is 0.136. The molecule has 148 valence electrons. The van der Waals surface area contributed by atoms with Gasteiger partial charge in [-0.15, -0.1) is 0 Å². The molecule has 0 bridgehead atoms. The van der Waals surface area contributed by atoms with Crippen LogP contribution in [0, 0.1) is 0 Å². The predicted molar refractivity (Wildman–Crippen MR) is 108 cm³/mol. The highest BCUT2D eigenvalue weighted by Gasteiger charge is 2.18. The number of esters is 1. The maximum atomic E-state index is 12.3. The van der Waals surface area contributed by atoms with Crippen LogP contribution in [0.1, 0.15) is 6.92 Å². The molecule has 0 spiro atoms. The third-order valence-corrected chi connectivity index (χ3v) is 3.98. The second-order valence-electron chi connectivity index (χ2n) is 6.23. The Kier molecular flexibility index (Phi) is 6.42. The highest BCUT2D eigenvalue weighted by molar-refractivity contribution is 5.95. The van der Waals surface area contributed by atoms with E-state index in [1.54, 1.807) is 36.4 Å². The molecule has 0 fully saturated rings. The Bertz CT molecular complexity index is 1030. The molecule has 0 unspecified atom stereocenters. The van der Waals surface area contributed by atoms with Gasteiger partial charge in [0.1, 0.15) is 18.0 Å². The van der Waals surface area contributed by atoms with Crippen LogP contribution in [0.3, 0.4) is 0 Å². The van der Waals surface area contributed by atoms with Crippen LogP contribution in [0.25, 0.3) is 0 Å². The quantitative estimate of drug-likeness (QED) is 0.624. The Labute approximate surface area is 167 Å². The van der Waals surface area contributed by atoms with Gasteiger partial charge in [0.05, 0.1) is 0 Å². The number of anilines is 1. The fourth-order valence-corrected chi connectivity index (χ4v) is 2.49. The lowest BCUT2D eigenvalue weighted by Gasteiger charge is -2.14. The lowest BCUT2D eigenvalue weighted by molar-refractivity contribution is -0.153. The molecule has 1 N–H and O–H groups in total. The Morgan fingerprint density at radius 1 is 0.931 bits per heavy atom. The summed E-state index contributed by atoms with van der Waals surface area (Å²) >= 11 is 0. The Morgan fingerprint density at radius 2 is 1.59 bits per heavy atom. The van der Waals surface area contributed by atoms with E-state index in [1.807, 2.05) is 30.3 Å². The molecule has 2 aromatic carbocycles. The molecule has 7 nitrogen and oxygen atoms in total. The number of benzene rings is 2. The number of nitrogens with one attached hydrogen (secondary N) is 1. The minimum absolute atomic E-state index is 0.261. The summed E-state index contributed by atoms with van der Waals surface area (Å²) < 4.78 is 12.0. The highest BCUT2D eigenvalue weighted by atomic mass is 16.5. The zero-order chi connectivity index (χ0) is 20.6. The summed E-state index contributed by atoms with van der Waals surface area (Å²) in [6.07, 6.45) is 0.468. The van der Waals surface area contributed by atoms with Crippen LogP contribution in [0.2, 0.25) is 0 Å². The minimum Gasteiger partial charge on any atom is -0.457 e. The second kappa shape index (κ2) is 9.36. The Morgan fingerprint density at radius 3 is 2.28 bits per heavy atom. The average Bonchev–Trinajstić information content (AvgIpc) is 2.72. The summed E-state index contributed by atoms with van der Waals surface area (Å²) in [6, 6.07) is 20.7. The van der Waals surface area contributed by atoms with E-state index in [9.17, 15) is 14.4 Å². The largest absolute Gasteiger partial charge is 0.457 e. The van der Waals surface area contributed by atoms with Gasteiger partial charge in [0.2, 0.25) is 0 Å². The smallest absolute Gasteiger partial charge is 0.326 e. The Hall–Kier alpha value is -3.87. The zero-order valence-electron chi connectivity index (χ0n) is 15.8. The number of aromatic nitrogens is 1. The number of amides is 1. The van der Waals surface area contributed by atoms with E-state index in [4.69, 9.17) is 9.47 Å². The molecule has 0 saturated heterocycles. The molecule has 29 heavy (non-hydrogen) atoms. The number of carbonyl (C=O) groups excluding carboxylic acids is 2. The van der Waals surface area contributed by atoms with Gasteiger partial charge in [-0.25, -0.2) is 0 Å². The van der Waals surface area contributed by atoms with Gasteiger partial charge in [0, 0.05) is 18.0 Å². The van der Waals surface area contributed by atoms with Crippen LogP contribution in [-0.4, -0.2) is 22.5 Å². The lowest BCUT2D eigenvalue weighted by atomic mass is 10.2. The highest BCUT2D eigenvalue weighted by Crippen LogP contribution is 2.22. The van der Waals surface area contributed by atoms with Crippen LogP contribution in [0.15, 0.2) is 83.8 Å². The van der Waals surface area contributed by atoms with Crippen molar-refractivity contribution in [3.05, 3.63) is 89.3 Å². The summed E-state index contributed by atoms with van der Waals surface area (Å²) in [5.74, 6) is 0.187. The first-order valence-corrected chi connectivity index (χ1v) is 9.00. The van der Waals surface area contributed by atoms with E-state index in [2.05, 4.69) is 5.32 Å². The van der Waals surface area contributed by atoms with Gasteiger partial charge >= 0.3 is 5.97 Å². The summed E-state index contributed by atoms with van der Waals surface area (Å²) in [5, 5.41) is 2.67. The van der Waals surface area contributed by atoms with Gasteiger partial charge in [-0.2, -0.15) is 0 Å². The number of ether oxygens (including phenoxy) is 2. The molecule has 3 aromatic rings. The van der Waals surface area contributed by atoms with E-state index in [0.29, 0.717) is 17.2 Å². The van der Waals surface area contributed by atoms with Crippen LogP contribution in [0.5, 0.6) is 11.5 Å². The van der Waals surface area contributed by atoms with Crippen LogP contribution >= 0.6 is 0 Å². The third kappa shape index (κ3) is 5.80. The second-order valence-corrected chi connectivity index (χ2v) is 6.23. The van der Waals surface area contributed by atoms with Crippen molar-refractivity contribution in [3.8, 4) is 11.5 Å². The van der Waals surface area contributed by atoms with E-state index in [-0.39, 0.29) is 12.1 Å². The maximum Gasteiger partial charge on any atom is 0.326 e. The van der Waals surface area contributed by atoms with Gasteiger partial charge in [-0.1, -0.05) is 24.3 Å². The summed E-state index contributed by atoms with van der Waals surface area (Å²) in [7, 11) is 0. The molecule has 0 aliphatic rings.